The van der Waals surface area contributed by atoms with E-state index in [0.29, 0.717) is 12.4 Å². The first-order valence-corrected chi connectivity index (χ1v) is 8.66. The number of aliphatic hydroxyl groups excluding tert-OH is 1. The fraction of sp³-hybridized carbons (Fsp3) is 0.350. The number of aliphatic hydroxyl groups is 1. The average Bonchev–Trinajstić information content (AvgIpc) is 3.01. The Labute approximate surface area is 153 Å². The van der Waals surface area contributed by atoms with Crippen LogP contribution in [0, 0.1) is 0 Å². The van der Waals surface area contributed by atoms with E-state index in [1.165, 1.54) is 5.56 Å². The molecular formula is C20H26N4O2. The molecule has 0 bridgehead atoms. The zero-order valence-electron chi connectivity index (χ0n) is 15.4. The molecule has 1 atom stereocenters. The largest absolute Gasteiger partial charge is 0.497 e. The Bertz CT molecular complexity index is 871. The Morgan fingerprint density at radius 3 is 2.81 bits per heavy atom. The summed E-state index contributed by atoms with van der Waals surface area (Å²) in [5.41, 5.74) is 8.44. The molecule has 26 heavy (non-hydrogen) atoms. The lowest BCUT2D eigenvalue weighted by Crippen LogP contribution is -2.43. The van der Waals surface area contributed by atoms with E-state index in [4.69, 9.17) is 10.5 Å². The minimum atomic E-state index is -0.634. The normalized spacial score (nSPS) is 13.1. The minimum Gasteiger partial charge on any atom is -0.497 e. The number of hydrogen-bond donors (Lipinski definition) is 4. The third kappa shape index (κ3) is 4.15. The molecule has 0 unspecified atom stereocenters. The van der Waals surface area contributed by atoms with Crippen molar-refractivity contribution in [2.24, 2.45) is 0 Å². The van der Waals surface area contributed by atoms with E-state index in [1.807, 2.05) is 24.4 Å². The van der Waals surface area contributed by atoms with E-state index >= 15 is 0 Å². The SMILES string of the molecule is COc1ccc2[nH]cc(CC(C)(C)NC[C@H](O)c3ccc(N)nc3)c2c1. The number of H-pyrrole nitrogens is 1. The molecule has 6 nitrogen and oxygen atoms in total. The van der Waals surface area contributed by atoms with Gasteiger partial charge in [0, 0.05) is 40.9 Å². The average molecular weight is 354 g/mol. The third-order valence-electron chi connectivity index (χ3n) is 4.57. The van der Waals surface area contributed by atoms with Gasteiger partial charge in [0.15, 0.2) is 0 Å². The quantitative estimate of drug-likeness (QED) is 0.523. The van der Waals surface area contributed by atoms with Gasteiger partial charge < -0.3 is 25.9 Å². The van der Waals surface area contributed by atoms with Crippen LogP contribution in [0.4, 0.5) is 5.82 Å². The summed E-state index contributed by atoms with van der Waals surface area (Å²) in [6.07, 6.45) is 3.83. The molecule has 0 spiro atoms. The first-order valence-electron chi connectivity index (χ1n) is 8.66. The van der Waals surface area contributed by atoms with Crippen molar-refractivity contribution in [1.29, 1.82) is 0 Å². The van der Waals surface area contributed by atoms with Gasteiger partial charge in [-0.2, -0.15) is 0 Å². The summed E-state index contributed by atoms with van der Waals surface area (Å²) in [6, 6.07) is 9.52. The Hall–Kier alpha value is -2.57. The van der Waals surface area contributed by atoms with Crippen molar-refractivity contribution < 1.29 is 9.84 Å². The summed E-state index contributed by atoms with van der Waals surface area (Å²) in [5.74, 6) is 1.29. The second kappa shape index (κ2) is 7.35. The number of nitrogens with one attached hydrogen (secondary N) is 2. The van der Waals surface area contributed by atoms with Crippen molar-refractivity contribution in [1.82, 2.24) is 15.3 Å². The number of hydrogen-bond acceptors (Lipinski definition) is 5. The molecule has 0 amide bonds. The van der Waals surface area contributed by atoms with Crippen molar-refractivity contribution >= 4 is 16.7 Å². The zero-order chi connectivity index (χ0) is 18.7. The van der Waals surface area contributed by atoms with Crippen LogP contribution in [-0.4, -0.2) is 34.3 Å². The molecule has 0 saturated carbocycles. The lowest BCUT2D eigenvalue weighted by Gasteiger charge is -2.28. The smallest absolute Gasteiger partial charge is 0.123 e. The molecule has 3 rings (SSSR count). The number of benzene rings is 1. The molecule has 6 heteroatoms. The molecule has 0 aliphatic heterocycles. The number of methoxy groups -OCH3 is 1. The number of anilines is 1. The highest BCUT2D eigenvalue weighted by Gasteiger charge is 2.21. The maximum absolute atomic E-state index is 10.4. The molecule has 0 radical (unpaired) electrons. The lowest BCUT2D eigenvalue weighted by atomic mass is 9.94. The molecule has 0 fully saturated rings. The van der Waals surface area contributed by atoms with Crippen molar-refractivity contribution in [2.75, 3.05) is 19.4 Å². The molecule has 3 aromatic rings. The second-order valence-corrected chi connectivity index (χ2v) is 7.20. The van der Waals surface area contributed by atoms with Gasteiger partial charge in [0.2, 0.25) is 0 Å². The van der Waals surface area contributed by atoms with Crippen molar-refractivity contribution in [2.45, 2.75) is 31.9 Å². The number of aromatic nitrogens is 2. The fourth-order valence-corrected chi connectivity index (χ4v) is 3.07. The molecule has 0 saturated heterocycles. The lowest BCUT2D eigenvalue weighted by molar-refractivity contribution is 0.160. The van der Waals surface area contributed by atoms with Gasteiger partial charge in [-0.15, -0.1) is 0 Å². The van der Waals surface area contributed by atoms with Gasteiger partial charge in [0.05, 0.1) is 13.2 Å². The maximum Gasteiger partial charge on any atom is 0.123 e. The summed E-state index contributed by atoms with van der Waals surface area (Å²) in [4.78, 5) is 7.34. The number of nitrogen functional groups attached to an aromatic ring is 1. The van der Waals surface area contributed by atoms with Gasteiger partial charge in [-0.1, -0.05) is 6.07 Å². The summed E-state index contributed by atoms with van der Waals surface area (Å²) >= 11 is 0. The van der Waals surface area contributed by atoms with Crippen LogP contribution < -0.4 is 15.8 Å². The van der Waals surface area contributed by atoms with E-state index in [-0.39, 0.29) is 5.54 Å². The first-order chi connectivity index (χ1) is 12.4. The van der Waals surface area contributed by atoms with Crippen LogP contribution in [-0.2, 0) is 6.42 Å². The molecule has 0 aliphatic rings. The standard InChI is InChI=1S/C20H26N4O2/c1-20(2,24-12-18(25)13-4-7-19(21)23-10-13)9-14-11-22-17-6-5-15(26-3)8-16(14)17/h4-8,10-11,18,22,24-25H,9,12H2,1-3H3,(H2,21,23)/t18-/m0/s1. The first kappa shape index (κ1) is 18.2. The summed E-state index contributed by atoms with van der Waals surface area (Å²) in [5, 5.41) is 15.0. The topological polar surface area (TPSA) is 96.2 Å². The van der Waals surface area contributed by atoms with Crippen LogP contribution in [0.15, 0.2) is 42.7 Å². The molecule has 5 N–H and O–H groups in total. The molecule has 138 valence electrons. The Morgan fingerprint density at radius 1 is 1.31 bits per heavy atom. The van der Waals surface area contributed by atoms with Gasteiger partial charge >= 0.3 is 0 Å². The van der Waals surface area contributed by atoms with Crippen molar-refractivity contribution in [3.63, 3.8) is 0 Å². The van der Waals surface area contributed by atoms with Crippen LogP contribution in [0.2, 0.25) is 0 Å². The predicted octanol–water partition coefficient (Wildman–Crippen LogP) is 2.80. The summed E-state index contributed by atoms with van der Waals surface area (Å²) in [6.45, 7) is 4.68. The molecule has 1 aromatic carbocycles. The van der Waals surface area contributed by atoms with Gasteiger partial charge in [0.25, 0.3) is 0 Å². The van der Waals surface area contributed by atoms with Crippen LogP contribution in [0.25, 0.3) is 10.9 Å². The number of rotatable bonds is 7. The number of aromatic amines is 1. The summed E-state index contributed by atoms with van der Waals surface area (Å²) in [7, 11) is 1.67. The fourth-order valence-electron chi connectivity index (χ4n) is 3.07. The monoisotopic (exact) mass is 354 g/mol. The van der Waals surface area contributed by atoms with E-state index in [9.17, 15) is 5.11 Å². The minimum absolute atomic E-state index is 0.194. The van der Waals surface area contributed by atoms with Crippen LogP contribution >= 0.6 is 0 Å². The van der Waals surface area contributed by atoms with Gasteiger partial charge in [-0.3, -0.25) is 0 Å². The Kier molecular flexibility index (Phi) is 5.15. The number of pyridine rings is 1. The number of nitrogens with zero attached hydrogens (tertiary/aromatic N) is 1. The molecular weight excluding hydrogens is 328 g/mol. The maximum atomic E-state index is 10.4. The number of nitrogens with two attached hydrogens (primary N) is 1. The van der Waals surface area contributed by atoms with Crippen LogP contribution in [0.5, 0.6) is 5.75 Å². The van der Waals surface area contributed by atoms with Gasteiger partial charge in [-0.25, -0.2) is 4.98 Å². The molecule has 0 aliphatic carbocycles. The van der Waals surface area contributed by atoms with Crippen LogP contribution in [0.3, 0.4) is 0 Å². The van der Waals surface area contributed by atoms with E-state index in [1.54, 1.807) is 25.4 Å². The number of ether oxygens (including phenoxy) is 1. The van der Waals surface area contributed by atoms with E-state index in [2.05, 4.69) is 29.1 Å². The third-order valence-corrected chi connectivity index (χ3v) is 4.57. The van der Waals surface area contributed by atoms with E-state index in [0.717, 1.165) is 28.6 Å². The highest BCUT2D eigenvalue weighted by Crippen LogP contribution is 2.26. The van der Waals surface area contributed by atoms with E-state index < -0.39 is 6.10 Å². The van der Waals surface area contributed by atoms with Gasteiger partial charge in [-0.05, 0) is 50.1 Å². The Balaban J connectivity index is 1.67. The second-order valence-electron chi connectivity index (χ2n) is 7.20. The Morgan fingerprint density at radius 2 is 2.12 bits per heavy atom. The van der Waals surface area contributed by atoms with Gasteiger partial charge in [0.1, 0.15) is 11.6 Å². The number of fused-ring (bicyclic) bond motifs is 1. The number of β-amino-alcohol motifs (C(OH)–C–C–N with tert-alkyl or cyclic N) is 1. The molecule has 2 aromatic heterocycles. The highest BCUT2D eigenvalue weighted by molar-refractivity contribution is 5.84. The predicted molar refractivity (Wildman–Crippen MR) is 104 cm³/mol. The highest BCUT2D eigenvalue weighted by atomic mass is 16.5. The molecule has 2 heterocycles. The van der Waals surface area contributed by atoms with Crippen LogP contribution in [0.1, 0.15) is 31.1 Å². The van der Waals surface area contributed by atoms with Crippen molar-refractivity contribution in [3.8, 4) is 5.75 Å². The summed E-state index contributed by atoms with van der Waals surface area (Å²) < 4.78 is 5.34. The van der Waals surface area contributed by atoms with Crippen molar-refractivity contribution in [3.05, 3.63) is 53.9 Å². The zero-order valence-corrected chi connectivity index (χ0v) is 15.4.